The Kier molecular flexibility index (Phi) is 2.26. The number of fused-ring (bicyclic) bond motifs is 1. The van der Waals surface area contributed by atoms with E-state index in [0.29, 0.717) is 0 Å². The monoisotopic (exact) mass is 256 g/mol. The molecule has 0 aliphatic carbocycles. The summed E-state index contributed by atoms with van der Waals surface area (Å²) in [6.07, 6.45) is 0. The first-order chi connectivity index (χ1) is 6.22. The van der Waals surface area contributed by atoms with E-state index in [1.54, 1.807) is 0 Å². The number of H-pyrrole nitrogens is 1. The lowest BCUT2D eigenvalue weighted by molar-refractivity contribution is 0.774. The van der Waals surface area contributed by atoms with Crippen LogP contribution in [0.1, 0.15) is 6.92 Å². The quantitative estimate of drug-likeness (QED) is 0.775. The highest BCUT2D eigenvalue weighted by Crippen LogP contribution is 2.19. The van der Waals surface area contributed by atoms with Crippen molar-refractivity contribution in [3.63, 3.8) is 0 Å². The van der Waals surface area contributed by atoms with Gasteiger partial charge in [-0.2, -0.15) is 0 Å². The van der Waals surface area contributed by atoms with E-state index >= 15 is 0 Å². The van der Waals surface area contributed by atoms with Crippen LogP contribution in [0, 0.1) is 4.77 Å². The zero-order valence-electron chi connectivity index (χ0n) is 7.17. The van der Waals surface area contributed by atoms with Crippen molar-refractivity contribution in [3.05, 3.63) is 27.4 Å². The number of hydrogen-bond donors (Lipinski definition) is 1. The number of aryl methyl sites for hydroxylation is 1. The van der Waals surface area contributed by atoms with Crippen molar-refractivity contribution in [1.82, 2.24) is 9.55 Å². The van der Waals surface area contributed by atoms with Gasteiger partial charge < -0.3 is 9.55 Å². The Balaban J connectivity index is 2.89. The molecule has 1 aromatic carbocycles. The third kappa shape index (κ3) is 1.44. The van der Waals surface area contributed by atoms with Gasteiger partial charge in [0.15, 0.2) is 4.77 Å². The fourth-order valence-electron chi connectivity index (χ4n) is 1.44. The lowest BCUT2D eigenvalue weighted by Gasteiger charge is -1.98. The van der Waals surface area contributed by atoms with Gasteiger partial charge in [-0.3, -0.25) is 0 Å². The minimum Gasteiger partial charge on any atom is -0.331 e. The zero-order chi connectivity index (χ0) is 9.42. The molecule has 0 unspecified atom stereocenters. The van der Waals surface area contributed by atoms with Crippen molar-refractivity contribution >= 4 is 39.2 Å². The molecule has 0 aliphatic rings. The van der Waals surface area contributed by atoms with E-state index in [-0.39, 0.29) is 0 Å². The molecule has 0 atom stereocenters. The second-order valence-corrected chi connectivity index (χ2v) is 4.14. The SMILES string of the molecule is CCn1c(=S)[nH]c2ccc(Br)cc21. The van der Waals surface area contributed by atoms with E-state index in [0.717, 1.165) is 26.8 Å². The van der Waals surface area contributed by atoms with E-state index in [1.165, 1.54) is 0 Å². The fraction of sp³-hybridized carbons (Fsp3) is 0.222. The molecule has 2 rings (SSSR count). The predicted octanol–water partition coefficient (Wildman–Crippen LogP) is 3.48. The van der Waals surface area contributed by atoms with Crippen LogP contribution in [0.5, 0.6) is 0 Å². The van der Waals surface area contributed by atoms with Crippen molar-refractivity contribution < 1.29 is 0 Å². The number of hydrogen-bond acceptors (Lipinski definition) is 1. The van der Waals surface area contributed by atoms with Gasteiger partial charge in [-0.15, -0.1) is 0 Å². The third-order valence-electron chi connectivity index (χ3n) is 2.05. The summed E-state index contributed by atoms with van der Waals surface area (Å²) in [7, 11) is 0. The fourth-order valence-corrected chi connectivity index (χ4v) is 2.13. The Morgan fingerprint density at radius 1 is 1.54 bits per heavy atom. The lowest BCUT2D eigenvalue weighted by atomic mass is 10.3. The average molecular weight is 257 g/mol. The largest absolute Gasteiger partial charge is 0.331 e. The Morgan fingerprint density at radius 2 is 2.31 bits per heavy atom. The summed E-state index contributed by atoms with van der Waals surface area (Å²) in [6, 6.07) is 6.11. The van der Waals surface area contributed by atoms with Gasteiger partial charge >= 0.3 is 0 Å². The van der Waals surface area contributed by atoms with Crippen LogP contribution < -0.4 is 0 Å². The molecule has 2 aromatic rings. The van der Waals surface area contributed by atoms with Crippen LogP contribution in [0.2, 0.25) is 0 Å². The van der Waals surface area contributed by atoms with Gasteiger partial charge in [0.05, 0.1) is 11.0 Å². The Morgan fingerprint density at radius 3 is 3.00 bits per heavy atom. The maximum Gasteiger partial charge on any atom is 0.178 e. The maximum absolute atomic E-state index is 5.19. The van der Waals surface area contributed by atoms with Crippen LogP contribution in [0.4, 0.5) is 0 Å². The average Bonchev–Trinajstić information content (AvgIpc) is 2.40. The van der Waals surface area contributed by atoms with Crippen molar-refractivity contribution in [2.45, 2.75) is 13.5 Å². The molecule has 1 heterocycles. The number of nitrogens with zero attached hydrogens (tertiary/aromatic N) is 1. The summed E-state index contributed by atoms with van der Waals surface area (Å²) < 4.78 is 3.95. The number of aromatic amines is 1. The molecule has 1 aromatic heterocycles. The minimum atomic E-state index is 0.788. The summed E-state index contributed by atoms with van der Waals surface area (Å²) in [5.74, 6) is 0. The number of benzene rings is 1. The number of halogens is 1. The summed E-state index contributed by atoms with van der Waals surface area (Å²) in [4.78, 5) is 3.16. The Labute approximate surface area is 89.7 Å². The van der Waals surface area contributed by atoms with Crippen LogP contribution in [0.3, 0.4) is 0 Å². The molecular weight excluding hydrogens is 248 g/mol. The molecule has 13 heavy (non-hydrogen) atoms. The molecule has 0 radical (unpaired) electrons. The minimum absolute atomic E-state index is 0.788. The summed E-state index contributed by atoms with van der Waals surface area (Å²) in [5, 5.41) is 0. The highest BCUT2D eigenvalue weighted by molar-refractivity contribution is 9.10. The van der Waals surface area contributed by atoms with Crippen LogP contribution in [0.15, 0.2) is 22.7 Å². The highest BCUT2D eigenvalue weighted by Gasteiger charge is 2.01. The Bertz CT molecular complexity index is 498. The first-order valence-electron chi connectivity index (χ1n) is 4.10. The van der Waals surface area contributed by atoms with Gasteiger partial charge in [0.25, 0.3) is 0 Å². The predicted molar refractivity (Wildman–Crippen MR) is 60.5 cm³/mol. The highest BCUT2D eigenvalue weighted by atomic mass is 79.9. The second-order valence-electron chi connectivity index (χ2n) is 2.84. The van der Waals surface area contributed by atoms with Gasteiger partial charge in [-0.1, -0.05) is 15.9 Å². The van der Waals surface area contributed by atoms with E-state index < -0.39 is 0 Å². The molecular formula is C9H9BrN2S. The van der Waals surface area contributed by atoms with Crippen LogP contribution >= 0.6 is 28.1 Å². The molecule has 4 heteroatoms. The Hall–Kier alpha value is -0.610. The van der Waals surface area contributed by atoms with Crippen molar-refractivity contribution in [3.8, 4) is 0 Å². The summed E-state index contributed by atoms with van der Waals surface area (Å²) in [6.45, 7) is 2.99. The van der Waals surface area contributed by atoms with Crippen molar-refractivity contribution in [1.29, 1.82) is 0 Å². The maximum atomic E-state index is 5.19. The van der Waals surface area contributed by atoms with Gasteiger partial charge in [0.1, 0.15) is 0 Å². The molecule has 0 spiro atoms. The molecule has 0 fully saturated rings. The zero-order valence-corrected chi connectivity index (χ0v) is 9.58. The lowest BCUT2D eigenvalue weighted by Crippen LogP contribution is -1.92. The van der Waals surface area contributed by atoms with Gasteiger partial charge in [-0.05, 0) is 37.3 Å². The van der Waals surface area contributed by atoms with Crippen LogP contribution in [-0.4, -0.2) is 9.55 Å². The third-order valence-corrected chi connectivity index (χ3v) is 2.87. The first-order valence-corrected chi connectivity index (χ1v) is 5.30. The molecule has 1 N–H and O–H groups in total. The van der Waals surface area contributed by atoms with E-state index in [4.69, 9.17) is 12.2 Å². The van der Waals surface area contributed by atoms with E-state index in [2.05, 4.69) is 38.5 Å². The summed E-state index contributed by atoms with van der Waals surface area (Å²) >= 11 is 8.63. The number of imidazole rings is 1. The molecule has 0 bridgehead atoms. The van der Waals surface area contributed by atoms with Crippen LogP contribution in [-0.2, 0) is 6.54 Å². The van der Waals surface area contributed by atoms with Gasteiger partial charge in [0, 0.05) is 11.0 Å². The normalized spacial score (nSPS) is 10.9. The van der Waals surface area contributed by atoms with Crippen LogP contribution in [0.25, 0.3) is 11.0 Å². The van der Waals surface area contributed by atoms with Gasteiger partial charge in [-0.25, -0.2) is 0 Å². The number of rotatable bonds is 1. The number of aromatic nitrogens is 2. The molecule has 68 valence electrons. The van der Waals surface area contributed by atoms with Crippen molar-refractivity contribution in [2.24, 2.45) is 0 Å². The smallest absolute Gasteiger partial charge is 0.178 e. The molecule has 0 aliphatic heterocycles. The molecule has 0 amide bonds. The molecule has 0 saturated heterocycles. The second kappa shape index (κ2) is 3.27. The summed E-state index contributed by atoms with van der Waals surface area (Å²) in [5.41, 5.74) is 2.25. The van der Waals surface area contributed by atoms with Gasteiger partial charge in [0.2, 0.25) is 0 Å². The molecule has 0 saturated carbocycles. The standard InChI is InChI=1S/C9H9BrN2S/c1-2-12-8-5-6(10)3-4-7(8)11-9(12)13/h3-5H,2H2,1H3,(H,11,13). The topological polar surface area (TPSA) is 20.7 Å². The molecule has 2 nitrogen and oxygen atoms in total. The first kappa shape index (κ1) is 8.97. The van der Waals surface area contributed by atoms with E-state index in [9.17, 15) is 0 Å². The van der Waals surface area contributed by atoms with Crippen molar-refractivity contribution in [2.75, 3.05) is 0 Å². The van der Waals surface area contributed by atoms with E-state index in [1.807, 2.05) is 12.1 Å². The number of nitrogens with one attached hydrogen (secondary N) is 1.